The summed E-state index contributed by atoms with van der Waals surface area (Å²) in [6.45, 7) is 3.70. The van der Waals surface area contributed by atoms with Crippen molar-refractivity contribution in [2.75, 3.05) is 7.11 Å². The zero-order chi connectivity index (χ0) is 16.3. The van der Waals surface area contributed by atoms with Crippen LogP contribution in [0.25, 0.3) is 0 Å². The summed E-state index contributed by atoms with van der Waals surface area (Å²) in [6, 6.07) is 10.5. The molecule has 0 aliphatic rings. The molecule has 0 atom stereocenters. The van der Waals surface area contributed by atoms with Gasteiger partial charge in [0.25, 0.3) is 0 Å². The molecule has 0 spiro atoms. The third-order valence-electron chi connectivity index (χ3n) is 3.39. The zero-order valence-corrected chi connectivity index (χ0v) is 14.3. The van der Waals surface area contributed by atoms with Crippen LogP contribution in [0.1, 0.15) is 16.7 Å². The average Bonchev–Trinajstić information content (AvgIpc) is 2.48. The molecule has 0 aliphatic carbocycles. The Bertz CT molecular complexity index is 788. The lowest BCUT2D eigenvalue weighted by Gasteiger charge is -2.13. The van der Waals surface area contributed by atoms with Gasteiger partial charge in [-0.15, -0.1) is 0 Å². The Kier molecular flexibility index (Phi) is 5.11. The predicted octanol–water partition coefficient (Wildman–Crippen LogP) is 3.44. The summed E-state index contributed by atoms with van der Waals surface area (Å²) in [5, 5.41) is 0.535. The van der Waals surface area contributed by atoms with E-state index in [9.17, 15) is 8.42 Å². The molecule has 0 saturated carbocycles. The Morgan fingerprint density at radius 3 is 2.45 bits per heavy atom. The summed E-state index contributed by atoms with van der Waals surface area (Å²) in [5.41, 5.74) is 2.14. The maximum Gasteiger partial charge on any atom is 0.241 e. The smallest absolute Gasteiger partial charge is 0.241 e. The molecule has 4 nitrogen and oxygen atoms in total. The number of rotatable bonds is 5. The minimum atomic E-state index is -3.62. The van der Waals surface area contributed by atoms with Gasteiger partial charge in [0.15, 0.2) is 0 Å². The fourth-order valence-electron chi connectivity index (χ4n) is 2.16. The van der Waals surface area contributed by atoms with Gasteiger partial charge in [0.1, 0.15) is 5.75 Å². The van der Waals surface area contributed by atoms with Gasteiger partial charge in [-0.05, 0) is 48.7 Å². The van der Waals surface area contributed by atoms with E-state index in [1.54, 1.807) is 44.4 Å². The highest BCUT2D eigenvalue weighted by Gasteiger charge is 2.18. The molecule has 1 N–H and O–H groups in total. The number of methoxy groups -OCH3 is 1. The van der Waals surface area contributed by atoms with E-state index in [1.165, 1.54) is 0 Å². The van der Waals surface area contributed by atoms with E-state index in [4.69, 9.17) is 16.3 Å². The highest BCUT2D eigenvalue weighted by atomic mass is 35.5. The van der Waals surface area contributed by atoms with Gasteiger partial charge in [0.2, 0.25) is 10.0 Å². The quantitative estimate of drug-likeness (QED) is 0.907. The Balaban J connectivity index is 2.28. The van der Waals surface area contributed by atoms with Crippen molar-refractivity contribution >= 4 is 21.6 Å². The van der Waals surface area contributed by atoms with E-state index >= 15 is 0 Å². The summed E-state index contributed by atoms with van der Waals surface area (Å²) in [7, 11) is -2.06. The molecule has 0 bridgehead atoms. The van der Waals surface area contributed by atoms with Crippen molar-refractivity contribution in [3.8, 4) is 5.75 Å². The molecule has 0 unspecified atom stereocenters. The van der Waals surface area contributed by atoms with Crippen molar-refractivity contribution in [1.82, 2.24) is 4.72 Å². The first-order valence-electron chi connectivity index (χ1n) is 6.73. The van der Waals surface area contributed by atoms with Crippen LogP contribution >= 0.6 is 11.6 Å². The van der Waals surface area contributed by atoms with E-state index in [1.807, 2.05) is 13.0 Å². The van der Waals surface area contributed by atoms with Gasteiger partial charge in [0.05, 0.1) is 12.0 Å². The van der Waals surface area contributed by atoms with Gasteiger partial charge in [-0.3, -0.25) is 0 Å². The SMILES string of the molecule is COc1cc(C)c(S(=O)(=O)NCc2ccccc2Cl)cc1C. The van der Waals surface area contributed by atoms with Crippen LogP contribution in [0.15, 0.2) is 41.3 Å². The Hall–Kier alpha value is -1.56. The van der Waals surface area contributed by atoms with E-state index in [0.717, 1.165) is 11.1 Å². The van der Waals surface area contributed by atoms with Crippen molar-refractivity contribution < 1.29 is 13.2 Å². The highest BCUT2D eigenvalue weighted by Crippen LogP contribution is 2.25. The molecule has 2 aromatic rings. The van der Waals surface area contributed by atoms with Gasteiger partial charge in [-0.1, -0.05) is 29.8 Å². The summed E-state index contributed by atoms with van der Waals surface area (Å²) in [4.78, 5) is 0.248. The highest BCUT2D eigenvalue weighted by molar-refractivity contribution is 7.89. The topological polar surface area (TPSA) is 55.4 Å². The number of ether oxygens (including phenoxy) is 1. The number of hydrogen-bond acceptors (Lipinski definition) is 3. The molecule has 22 heavy (non-hydrogen) atoms. The average molecular weight is 340 g/mol. The van der Waals surface area contributed by atoms with Crippen molar-refractivity contribution in [2.24, 2.45) is 0 Å². The van der Waals surface area contributed by atoms with Crippen LogP contribution in [0, 0.1) is 13.8 Å². The normalized spacial score (nSPS) is 11.5. The third kappa shape index (κ3) is 3.61. The summed E-state index contributed by atoms with van der Waals surface area (Å²) >= 11 is 6.04. The van der Waals surface area contributed by atoms with Gasteiger partial charge >= 0.3 is 0 Å². The monoisotopic (exact) mass is 339 g/mol. The predicted molar refractivity (Wildman–Crippen MR) is 87.9 cm³/mol. The maximum absolute atomic E-state index is 12.5. The molecule has 2 rings (SSSR count). The Labute approximate surface area is 136 Å². The first kappa shape index (κ1) is 16.8. The summed E-state index contributed by atoms with van der Waals surface area (Å²) in [6.07, 6.45) is 0. The van der Waals surface area contributed by atoms with E-state index < -0.39 is 10.0 Å². The number of sulfonamides is 1. The van der Waals surface area contributed by atoms with E-state index in [-0.39, 0.29) is 11.4 Å². The lowest BCUT2D eigenvalue weighted by atomic mass is 10.1. The molecular formula is C16H18ClNO3S. The standard InChI is InChI=1S/C16H18ClNO3S/c1-11-9-16(12(2)8-15(11)21-3)22(19,20)18-10-13-6-4-5-7-14(13)17/h4-9,18H,10H2,1-3H3. The molecule has 6 heteroatoms. The van der Waals surface area contributed by atoms with Crippen molar-refractivity contribution in [2.45, 2.75) is 25.3 Å². The fraction of sp³-hybridized carbons (Fsp3) is 0.250. The number of nitrogens with one attached hydrogen (secondary N) is 1. The van der Waals surface area contributed by atoms with Crippen LogP contribution in [0.5, 0.6) is 5.75 Å². The maximum atomic E-state index is 12.5. The van der Waals surface area contributed by atoms with Crippen LogP contribution in [-0.2, 0) is 16.6 Å². The third-order valence-corrected chi connectivity index (χ3v) is 5.30. The number of aryl methyl sites for hydroxylation is 2. The molecule has 0 heterocycles. The zero-order valence-electron chi connectivity index (χ0n) is 12.7. The minimum Gasteiger partial charge on any atom is -0.496 e. The first-order valence-corrected chi connectivity index (χ1v) is 8.59. The molecule has 0 amide bonds. The van der Waals surface area contributed by atoms with Gasteiger partial charge in [-0.25, -0.2) is 13.1 Å². The second kappa shape index (κ2) is 6.69. The van der Waals surface area contributed by atoms with Crippen LogP contribution in [-0.4, -0.2) is 15.5 Å². The van der Waals surface area contributed by atoms with Gasteiger partial charge in [0, 0.05) is 11.6 Å². The van der Waals surface area contributed by atoms with E-state index in [0.29, 0.717) is 16.3 Å². The fourth-order valence-corrected chi connectivity index (χ4v) is 3.68. The molecule has 0 radical (unpaired) electrons. The van der Waals surface area contributed by atoms with Crippen molar-refractivity contribution in [3.05, 3.63) is 58.1 Å². The Morgan fingerprint density at radius 1 is 1.14 bits per heavy atom. The molecular weight excluding hydrogens is 322 g/mol. The first-order chi connectivity index (χ1) is 10.3. The van der Waals surface area contributed by atoms with Crippen LogP contribution < -0.4 is 9.46 Å². The van der Waals surface area contributed by atoms with Crippen molar-refractivity contribution in [1.29, 1.82) is 0 Å². The van der Waals surface area contributed by atoms with Crippen LogP contribution in [0.4, 0.5) is 0 Å². The lowest BCUT2D eigenvalue weighted by Crippen LogP contribution is -2.24. The van der Waals surface area contributed by atoms with Gasteiger partial charge < -0.3 is 4.74 Å². The molecule has 0 fully saturated rings. The lowest BCUT2D eigenvalue weighted by molar-refractivity contribution is 0.411. The molecule has 0 aliphatic heterocycles. The Morgan fingerprint density at radius 2 is 1.82 bits per heavy atom. The van der Waals surface area contributed by atoms with Gasteiger partial charge in [-0.2, -0.15) is 0 Å². The molecule has 2 aromatic carbocycles. The second-order valence-corrected chi connectivity index (χ2v) is 7.15. The van der Waals surface area contributed by atoms with E-state index in [2.05, 4.69) is 4.72 Å². The molecule has 0 aromatic heterocycles. The minimum absolute atomic E-state index is 0.145. The molecule has 118 valence electrons. The number of benzene rings is 2. The van der Waals surface area contributed by atoms with Crippen LogP contribution in [0.3, 0.4) is 0 Å². The van der Waals surface area contributed by atoms with Crippen molar-refractivity contribution in [3.63, 3.8) is 0 Å². The summed E-state index contributed by atoms with van der Waals surface area (Å²) in [5.74, 6) is 0.669. The summed E-state index contributed by atoms with van der Waals surface area (Å²) < 4.78 is 32.8. The van der Waals surface area contributed by atoms with Crippen LogP contribution in [0.2, 0.25) is 5.02 Å². The molecule has 0 saturated heterocycles. The number of hydrogen-bond donors (Lipinski definition) is 1. The largest absolute Gasteiger partial charge is 0.496 e. The second-order valence-electron chi connectivity index (χ2n) is 5.00. The number of halogens is 1.